The fraction of sp³-hybridized carbons (Fsp3) is 0.333. The van der Waals surface area contributed by atoms with Crippen molar-refractivity contribution in [2.75, 3.05) is 17.6 Å². The molecule has 2 aromatic rings. The Morgan fingerprint density at radius 1 is 1.30 bits per heavy atom. The van der Waals surface area contributed by atoms with Crippen molar-refractivity contribution in [1.82, 2.24) is 14.8 Å². The molecule has 0 fully saturated rings. The second kappa shape index (κ2) is 4.39. The molecule has 5 nitrogen and oxygen atoms in total. The average Bonchev–Trinajstić information content (AvgIpc) is 2.77. The lowest BCUT2D eigenvalue weighted by atomic mass is 9.97. The minimum absolute atomic E-state index is 0.0453. The first-order valence-corrected chi connectivity index (χ1v) is 6.09. The van der Waals surface area contributed by atoms with Crippen molar-refractivity contribution in [2.24, 2.45) is 0 Å². The summed E-state index contributed by atoms with van der Waals surface area (Å²) in [5, 5.41) is 6.96. The molecule has 8 heteroatoms. The number of aromatic nitrogens is 3. The third kappa shape index (κ3) is 2.06. The van der Waals surface area contributed by atoms with Gasteiger partial charge in [0.2, 0.25) is 11.9 Å². The summed E-state index contributed by atoms with van der Waals surface area (Å²) in [6.45, 7) is 0.523. The molecule has 0 aliphatic carbocycles. The van der Waals surface area contributed by atoms with Gasteiger partial charge in [-0.15, -0.1) is 5.10 Å². The molecule has 1 aromatic carbocycles. The Bertz CT molecular complexity index is 634. The molecule has 1 aliphatic heterocycles. The predicted octanol–water partition coefficient (Wildman–Crippen LogP) is 2.28. The van der Waals surface area contributed by atoms with Crippen LogP contribution in [0.15, 0.2) is 24.3 Å². The summed E-state index contributed by atoms with van der Waals surface area (Å²) in [5.41, 5.74) is 5.06. The fourth-order valence-corrected chi connectivity index (χ4v) is 2.45. The van der Waals surface area contributed by atoms with E-state index < -0.39 is 17.8 Å². The van der Waals surface area contributed by atoms with Crippen LogP contribution in [0.25, 0.3) is 0 Å². The number of hydrogen-bond acceptors (Lipinski definition) is 4. The Kier molecular flexibility index (Phi) is 2.81. The van der Waals surface area contributed by atoms with Gasteiger partial charge in [0, 0.05) is 6.54 Å². The third-order valence-corrected chi connectivity index (χ3v) is 3.27. The first-order valence-electron chi connectivity index (χ1n) is 6.09. The molecule has 20 heavy (non-hydrogen) atoms. The molecule has 0 spiro atoms. The zero-order chi connectivity index (χ0) is 14.3. The lowest BCUT2D eigenvalue weighted by Crippen LogP contribution is -2.26. The molecule has 0 bridgehead atoms. The summed E-state index contributed by atoms with van der Waals surface area (Å²) in [6.07, 6.45) is -3.91. The van der Waals surface area contributed by atoms with Gasteiger partial charge in [0.15, 0.2) is 0 Å². The molecule has 3 rings (SSSR count). The molecule has 1 atom stereocenters. The van der Waals surface area contributed by atoms with Gasteiger partial charge in [-0.1, -0.05) is 18.2 Å². The van der Waals surface area contributed by atoms with Gasteiger partial charge in [-0.3, -0.25) is 0 Å². The topological polar surface area (TPSA) is 68.8 Å². The molecule has 1 aliphatic rings. The van der Waals surface area contributed by atoms with Crippen molar-refractivity contribution in [3.63, 3.8) is 0 Å². The molecule has 106 valence electrons. The van der Waals surface area contributed by atoms with Crippen LogP contribution in [0.4, 0.5) is 25.1 Å². The largest absolute Gasteiger partial charge is 0.416 e. The van der Waals surface area contributed by atoms with E-state index in [1.165, 1.54) is 16.8 Å². The van der Waals surface area contributed by atoms with Crippen LogP contribution in [-0.4, -0.2) is 21.3 Å². The van der Waals surface area contributed by atoms with E-state index in [0.717, 1.165) is 6.07 Å². The van der Waals surface area contributed by atoms with Crippen LogP contribution in [0.3, 0.4) is 0 Å². The molecule has 0 radical (unpaired) electrons. The molecular weight excluding hydrogens is 271 g/mol. The second-order valence-electron chi connectivity index (χ2n) is 4.55. The van der Waals surface area contributed by atoms with E-state index in [1.54, 1.807) is 6.07 Å². The Hall–Kier alpha value is -2.25. The van der Waals surface area contributed by atoms with E-state index in [0.29, 0.717) is 18.9 Å². The van der Waals surface area contributed by atoms with Crippen molar-refractivity contribution < 1.29 is 13.2 Å². The van der Waals surface area contributed by atoms with Gasteiger partial charge in [0.25, 0.3) is 0 Å². The number of nitrogens with one attached hydrogen (secondary N) is 1. The summed E-state index contributed by atoms with van der Waals surface area (Å²) in [4.78, 5) is 3.96. The normalized spacial score (nSPS) is 18.4. The Morgan fingerprint density at radius 3 is 2.80 bits per heavy atom. The number of nitrogen functional groups attached to an aromatic ring is 1. The van der Waals surface area contributed by atoms with Crippen molar-refractivity contribution in [2.45, 2.75) is 18.6 Å². The van der Waals surface area contributed by atoms with E-state index in [1.807, 2.05) is 0 Å². The molecule has 1 aromatic heterocycles. The first-order chi connectivity index (χ1) is 9.47. The van der Waals surface area contributed by atoms with Crippen molar-refractivity contribution in [3.05, 3.63) is 35.4 Å². The zero-order valence-corrected chi connectivity index (χ0v) is 10.4. The highest BCUT2D eigenvalue weighted by Gasteiger charge is 2.36. The van der Waals surface area contributed by atoms with Crippen molar-refractivity contribution in [3.8, 4) is 0 Å². The summed E-state index contributed by atoms with van der Waals surface area (Å²) in [7, 11) is 0. The highest BCUT2D eigenvalue weighted by atomic mass is 19.4. The van der Waals surface area contributed by atoms with E-state index in [4.69, 9.17) is 5.73 Å². The molecule has 1 unspecified atom stereocenters. The number of halogens is 3. The number of hydrogen-bond donors (Lipinski definition) is 2. The SMILES string of the molecule is Nc1nc2n(n1)C(c1ccccc1C(F)(F)F)CCN2. The average molecular weight is 283 g/mol. The van der Waals surface area contributed by atoms with Gasteiger partial charge in [-0.25, -0.2) is 4.68 Å². The number of alkyl halides is 3. The second-order valence-corrected chi connectivity index (χ2v) is 4.55. The molecule has 2 heterocycles. The molecule has 0 saturated heterocycles. The van der Waals surface area contributed by atoms with Crippen molar-refractivity contribution >= 4 is 11.9 Å². The molecule has 0 saturated carbocycles. The maximum atomic E-state index is 13.1. The molecule has 0 amide bonds. The summed E-state index contributed by atoms with van der Waals surface area (Å²) < 4.78 is 40.7. The third-order valence-electron chi connectivity index (χ3n) is 3.27. The minimum Gasteiger partial charge on any atom is -0.366 e. The lowest BCUT2D eigenvalue weighted by molar-refractivity contribution is -0.138. The van der Waals surface area contributed by atoms with E-state index >= 15 is 0 Å². The number of nitrogens with two attached hydrogens (primary N) is 1. The summed E-state index contributed by atoms with van der Waals surface area (Å²) in [6, 6.07) is 5.00. The number of fused-ring (bicyclic) bond motifs is 1. The van der Waals surface area contributed by atoms with Gasteiger partial charge in [0.05, 0.1) is 11.6 Å². The van der Waals surface area contributed by atoms with Crippen LogP contribution in [0, 0.1) is 0 Å². The van der Waals surface area contributed by atoms with Crippen LogP contribution >= 0.6 is 0 Å². The minimum atomic E-state index is -4.40. The summed E-state index contributed by atoms with van der Waals surface area (Å²) in [5.74, 6) is 0.444. The zero-order valence-electron chi connectivity index (χ0n) is 10.4. The van der Waals surface area contributed by atoms with Gasteiger partial charge < -0.3 is 11.1 Å². The maximum absolute atomic E-state index is 13.1. The molecule has 3 N–H and O–H groups in total. The summed E-state index contributed by atoms with van der Waals surface area (Å²) >= 11 is 0. The Labute approximate surface area is 112 Å². The Morgan fingerprint density at radius 2 is 2.05 bits per heavy atom. The van der Waals surface area contributed by atoms with Gasteiger partial charge >= 0.3 is 6.18 Å². The van der Waals surface area contributed by atoms with Crippen LogP contribution in [0.2, 0.25) is 0 Å². The number of rotatable bonds is 1. The van der Waals surface area contributed by atoms with Crippen LogP contribution in [0.5, 0.6) is 0 Å². The van der Waals surface area contributed by atoms with Gasteiger partial charge in [-0.2, -0.15) is 18.2 Å². The number of nitrogens with zero attached hydrogens (tertiary/aromatic N) is 3. The Balaban J connectivity index is 2.11. The van der Waals surface area contributed by atoms with Crippen LogP contribution in [0.1, 0.15) is 23.6 Å². The maximum Gasteiger partial charge on any atom is 0.416 e. The smallest absolute Gasteiger partial charge is 0.366 e. The predicted molar refractivity (Wildman–Crippen MR) is 67.1 cm³/mol. The number of benzene rings is 1. The highest BCUT2D eigenvalue weighted by Crippen LogP contribution is 2.38. The monoisotopic (exact) mass is 283 g/mol. The lowest BCUT2D eigenvalue weighted by Gasteiger charge is -2.26. The van der Waals surface area contributed by atoms with Crippen LogP contribution < -0.4 is 11.1 Å². The standard InChI is InChI=1S/C12H12F3N5/c13-12(14,15)8-4-2-1-3-7(8)9-5-6-17-11-18-10(16)19-20(9)11/h1-4,9H,5-6H2,(H3,16,17,18,19). The van der Waals surface area contributed by atoms with Gasteiger partial charge in [-0.05, 0) is 18.1 Å². The van der Waals surface area contributed by atoms with E-state index in [9.17, 15) is 13.2 Å². The fourth-order valence-electron chi connectivity index (χ4n) is 2.45. The van der Waals surface area contributed by atoms with E-state index in [-0.39, 0.29) is 11.5 Å². The molecular formula is C12H12F3N5. The van der Waals surface area contributed by atoms with E-state index in [2.05, 4.69) is 15.4 Å². The van der Waals surface area contributed by atoms with Gasteiger partial charge in [0.1, 0.15) is 0 Å². The van der Waals surface area contributed by atoms with Crippen LogP contribution in [-0.2, 0) is 6.18 Å². The first kappa shape index (κ1) is 12.8. The quantitative estimate of drug-likeness (QED) is 0.842. The highest BCUT2D eigenvalue weighted by molar-refractivity contribution is 5.40. The number of anilines is 2. The van der Waals surface area contributed by atoms with Crippen molar-refractivity contribution in [1.29, 1.82) is 0 Å².